The molecule has 2 rings (SSSR count). The van der Waals surface area contributed by atoms with Crippen LogP contribution in [0.5, 0.6) is 0 Å². The Morgan fingerprint density at radius 3 is 3.00 bits per heavy atom. The third-order valence-electron chi connectivity index (χ3n) is 2.46. The number of amidine groups is 1. The van der Waals surface area contributed by atoms with Gasteiger partial charge in [0.1, 0.15) is 5.84 Å². The molecule has 0 aliphatic carbocycles. The van der Waals surface area contributed by atoms with Crippen LogP contribution in [0.1, 0.15) is 23.6 Å². The maximum atomic E-state index is 11.2. The summed E-state index contributed by atoms with van der Waals surface area (Å²) >= 11 is 0. The molecule has 1 aliphatic heterocycles. The van der Waals surface area contributed by atoms with E-state index in [-0.39, 0.29) is 5.91 Å². The van der Waals surface area contributed by atoms with Gasteiger partial charge in [-0.1, -0.05) is 25.1 Å². The number of hydrogen-bond donors (Lipinski definition) is 1. The molecule has 3 heteroatoms. The van der Waals surface area contributed by atoms with E-state index in [0.717, 1.165) is 23.1 Å². The summed E-state index contributed by atoms with van der Waals surface area (Å²) in [5.74, 6) is 0.219. The summed E-state index contributed by atoms with van der Waals surface area (Å²) in [5.41, 5.74) is 8.87. The van der Waals surface area contributed by atoms with Gasteiger partial charge in [0.2, 0.25) is 0 Å². The first-order chi connectivity index (χ1) is 6.72. The fourth-order valence-electron chi connectivity index (χ4n) is 1.82. The van der Waals surface area contributed by atoms with E-state index < -0.39 is 0 Å². The van der Waals surface area contributed by atoms with Crippen molar-refractivity contribution in [3.05, 3.63) is 34.9 Å². The quantitative estimate of drug-likeness (QED) is 0.715. The van der Waals surface area contributed by atoms with E-state index in [9.17, 15) is 4.79 Å². The number of carbonyl (C=O) groups excluding carboxylic acids is 1. The molecule has 14 heavy (non-hydrogen) atoms. The highest BCUT2D eigenvalue weighted by molar-refractivity contribution is 6.09. The lowest BCUT2D eigenvalue weighted by atomic mass is 9.94. The molecule has 0 bridgehead atoms. The maximum absolute atomic E-state index is 11.2. The largest absolute Gasteiger partial charge is 0.383 e. The zero-order chi connectivity index (χ0) is 10.1. The Bertz CT molecular complexity index is 421. The molecule has 72 valence electrons. The predicted octanol–water partition coefficient (Wildman–Crippen LogP) is 1.04. The highest BCUT2D eigenvalue weighted by atomic mass is 16.1. The van der Waals surface area contributed by atoms with Crippen LogP contribution in [-0.2, 0) is 17.6 Å². The number of nitrogens with two attached hydrogens (primary N) is 1. The third-order valence-corrected chi connectivity index (χ3v) is 2.46. The lowest BCUT2D eigenvalue weighted by Gasteiger charge is -2.15. The molecule has 0 saturated carbocycles. The number of nitrogens with zero attached hydrogens (tertiary/aromatic N) is 1. The van der Waals surface area contributed by atoms with Crippen molar-refractivity contribution in [1.82, 2.24) is 0 Å². The van der Waals surface area contributed by atoms with E-state index in [1.54, 1.807) is 0 Å². The van der Waals surface area contributed by atoms with E-state index in [0.29, 0.717) is 12.3 Å². The Balaban J connectivity index is 2.63. The van der Waals surface area contributed by atoms with Crippen molar-refractivity contribution in [2.45, 2.75) is 19.8 Å². The zero-order valence-corrected chi connectivity index (χ0v) is 8.08. The van der Waals surface area contributed by atoms with Crippen LogP contribution in [0.4, 0.5) is 0 Å². The number of benzene rings is 1. The first-order valence-electron chi connectivity index (χ1n) is 4.70. The van der Waals surface area contributed by atoms with Gasteiger partial charge in [0, 0.05) is 5.56 Å². The van der Waals surface area contributed by atoms with Gasteiger partial charge in [-0.05, 0) is 17.5 Å². The summed E-state index contributed by atoms with van der Waals surface area (Å²) in [5, 5.41) is 0. The van der Waals surface area contributed by atoms with Crippen LogP contribution < -0.4 is 5.73 Å². The Morgan fingerprint density at radius 1 is 1.50 bits per heavy atom. The van der Waals surface area contributed by atoms with Gasteiger partial charge in [-0.2, -0.15) is 4.99 Å². The lowest BCUT2D eigenvalue weighted by Crippen LogP contribution is -2.25. The minimum Gasteiger partial charge on any atom is -0.383 e. The van der Waals surface area contributed by atoms with E-state index in [4.69, 9.17) is 5.73 Å². The highest BCUT2D eigenvalue weighted by Crippen LogP contribution is 2.19. The van der Waals surface area contributed by atoms with Crippen LogP contribution in [0.25, 0.3) is 0 Å². The molecule has 1 aromatic rings. The molecule has 0 atom stereocenters. The fraction of sp³-hybridized carbons (Fsp3) is 0.273. The number of aryl methyl sites for hydroxylation is 1. The molecule has 0 fully saturated rings. The molecule has 1 aromatic carbocycles. The molecular weight excluding hydrogens is 176 g/mol. The highest BCUT2D eigenvalue weighted by Gasteiger charge is 2.18. The van der Waals surface area contributed by atoms with Crippen LogP contribution in [0.2, 0.25) is 0 Å². The van der Waals surface area contributed by atoms with Crippen molar-refractivity contribution in [3.63, 3.8) is 0 Å². The molecule has 1 amide bonds. The zero-order valence-electron chi connectivity index (χ0n) is 8.08. The summed E-state index contributed by atoms with van der Waals surface area (Å²) in [7, 11) is 0. The number of carbonyl (C=O) groups is 1. The van der Waals surface area contributed by atoms with Gasteiger partial charge < -0.3 is 5.73 Å². The van der Waals surface area contributed by atoms with Crippen molar-refractivity contribution < 1.29 is 4.79 Å². The number of amides is 1. The van der Waals surface area contributed by atoms with Gasteiger partial charge in [-0.15, -0.1) is 0 Å². The molecule has 1 aliphatic rings. The number of aliphatic imine (C=N–C) groups is 1. The third kappa shape index (κ3) is 1.31. The van der Waals surface area contributed by atoms with Crippen LogP contribution in [0, 0.1) is 0 Å². The van der Waals surface area contributed by atoms with E-state index in [2.05, 4.69) is 11.9 Å². The smallest absolute Gasteiger partial charge is 0.252 e. The topological polar surface area (TPSA) is 55.4 Å². The number of fused-ring (bicyclic) bond motifs is 1. The van der Waals surface area contributed by atoms with Crippen molar-refractivity contribution in [1.29, 1.82) is 0 Å². The van der Waals surface area contributed by atoms with Crippen molar-refractivity contribution in [2.75, 3.05) is 0 Å². The number of hydrogen-bond acceptors (Lipinski definition) is 2. The van der Waals surface area contributed by atoms with Crippen molar-refractivity contribution in [2.24, 2.45) is 10.7 Å². The van der Waals surface area contributed by atoms with Crippen LogP contribution >= 0.6 is 0 Å². The molecule has 0 aromatic heterocycles. The molecule has 3 nitrogen and oxygen atoms in total. The van der Waals surface area contributed by atoms with Crippen molar-refractivity contribution in [3.8, 4) is 0 Å². The Morgan fingerprint density at radius 2 is 2.29 bits per heavy atom. The molecule has 0 unspecified atom stereocenters. The molecule has 2 N–H and O–H groups in total. The van der Waals surface area contributed by atoms with Gasteiger partial charge in [-0.25, -0.2) is 0 Å². The normalized spacial score (nSPS) is 14.9. The predicted molar refractivity (Wildman–Crippen MR) is 55.3 cm³/mol. The van der Waals surface area contributed by atoms with Crippen LogP contribution in [0.3, 0.4) is 0 Å². The van der Waals surface area contributed by atoms with Crippen LogP contribution in [-0.4, -0.2) is 11.7 Å². The molecule has 0 saturated heterocycles. The minimum absolute atomic E-state index is 0.150. The van der Waals surface area contributed by atoms with E-state index in [1.165, 1.54) is 0 Å². The van der Waals surface area contributed by atoms with Gasteiger partial charge in [0.05, 0.1) is 6.42 Å². The van der Waals surface area contributed by atoms with Crippen LogP contribution in [0.15, 0.2) is 23.2 Å². The van der Waals surface area contributed by atoms with E-state index >= 15 is 0 Å². The summed E-state index contributed by atoms with van der Waals surface area (Å²) in [6.07, 6.45) is 1.29. The maximum Gasteiger partial charge on any atom is 0.252 e. The van der Waals surface area contributed by atoms with E-state index in [1.807, 2.05) is 18.2 Å². The Labute approximate surface area is 82.6 Å². The average molecular weight is 188 g/mol. The second kappa shape index (κ2) is 3.25. The molecule has 0 radical (unpaired) electrons. The molecule has 0 spiro atoms. The lowest BCUT2D eigenvalue weighted by molar-refractivity contribution is -0.117. The van der Waals surface area contributed by atoms with Gasteiger partial charge in [-0.3, -0.25) is 4.79 Å². The first kappa shape index (κ1) is 8.94. The first-order valence-corrected chi connectivity index (χ1v) is 4.70. The molecular formula is C11H12N2O. The second-order valence-corrected chi connectivity index (χ2v) is 3.37. The second-order valence-electron chi connectivity index (χ2n) is 3.37. The van der Waals surface area contributed by atoms with Gasteiger partial charge >= 0.3 is 0 Å². The molecule has 1 heterocycles. The summed E-state index contributed by atoms with van der Waals surface area (Å²) in [4.78, 5) is 15.0. The minimum atomic E-state index is -0.150. The van der Waals surface area contributed by atoms with Gasteiger partial charge in [0.15, 0.2) is 0 Å². The monoisotopic (exact) mass is 188 g/mol. The SMILES string of the molecule is CCc1cccc2c1C(N)=NC(=O)C2. The summed E-state index contributed by atoms with van der Waals surface area (Å²) in [6, 6.07) is 5.93. The Kier molecular flexibility index (Phi) is 2.08. The fourth-order valence-corrected chi connectivity index (χ4v) is 1.82. The summed E-state index contributed by atoms with van der Waals surface area (Å²) in [6.45, 7) is 2.07. The standard InChI is InChI=1S/C11H12N2O/c1-2-7-4-3-5-8-6-9(14)13-11(12)10(7)8/h3-5H,2,6H2,1H3,(H2,12,13,14). The van der Waals surface area contributed by atoms with Crippen molar-refractivity contribution >= 4 is 11.7 Å². The average Bonchev–Trinajstić information content (AvgIpc) is 2.16. The number of rotatable bonds is 1. The summed E-state index contributed by atoms with van der Waals surface area (Å²) < 4.78 is 0. The Hall–Kier alpha value is -1.64. The van der Waals surface area contributed by atoms with Gasteiger partial charge in [0.25, 0.3) is 5.91 Å².